The van der Waals surface area contributed by atoms with Crippen LogP contribution < -0.4 is 10.1 Å². The molecule has 150 valence electrons. The summed E-state index contributed by atoms with van der Waals surface area (Å²) >= 11 is 0. The van der Waals surface area contributed by atoms with E-state index in [2.05, 4.69) is 34.6 Å². The van der Waals surface area contributed by atoms with Crippen LogP contribution in [0.15, 0.2) is 53.9 Å². The van der Waals surface area contributed by atoms with Crippen LogP contribution in [-0.4, -0.2) is 29.9 Å². The van der Waals surface area contributed by atoms with E-state index in [1.807, 2.05) is 31.2 Å². The van der Waals surface area contributed by atoms with Gasteiger partial charge in [-0.2, -0.15) is 5.10 Å². The minimum absolute atomic E-state index is 0.310. The molecule has 0 aliphatic carbocycles. The summed E-state index contributed by atoms with van der Waals surface area (Å²) in [5.74, 6) is 0.892. The topological polar surface area (TPSA) is 76.2 Å². The van der Waals surface area contributed by atoms with E-state index >= 15 is 0 Å². The fraction of sp³-hybridized carbons (Fsp3) is 0.304. The zero-order valence-electron chi connectivity index (χ0n) is 16.9. The number of hydrogen-bond donors (Lipinski definition) is 2. The lowest BCUT2D eigenvalue weighted by atomic mass is 9.79. The highest BCUT2D eigenvalue weighted by atomic mass is 16.5. The second kappa shape index (κ2) is 7.99. The highest BCUT2D eigenvalue weighted by molar-refractivity contribution is 5.98. The predicted molar refractivity (Wildman–Crippen MR) is 113 cm³/mol. The number of aromatic nitrogens is 2. The van der Waals surface area contributed by atoms with Crippen LogP contribution in [0.1, 0.15) is 43.7 Å². The molecule has 0 bridgehead atoms. The Morgan fingerprint density at radius 2 is 2.00 bits per heavy atom. The van der Waals surface area contributed by atoms with Gasteiger partial charge in [0.1, 0.15) is 11.6 Å². The minimum Gasteiger partial charge on any atom is -0.496 e. The average Bonchev–Trinajstić information content (AvgIpc) is 3.20. The molecule has 2 N–H and O–H groups in total. The monoisotopic (exact) mass is 391 g/mol. The van der Waals surface area contributed by atoms with Crippen LogP contribution >= 0.6 is 0 Å². The lowest BCUT2D eigenvalue weighted by molar-refractivity contribution is -0.138. The van der Waals surface area contributed by atoms with Gasteiger partial charge in [-0.25, -0.2) is 4.79 Å². The molecule has 29 heavy (non-hydrogen) atoms. The van der Waals surface area contributed by atoms with Crippen molar-refractivity contribution in [1.29, 1.82) is 0 Å². The molecule has 0 amide bonds. The number of allylic oxidation sites excluding steroid dienone is 1. The van der Waals surface area contributed by atoms with Gasteiger partial charge < -0.3 is 14.8 Å². The number of H-pyrrole nitrogens is 1. The molecule has 0 spiro atoms. The van der Waals surface area contributed by atoms with Crippen LogP contribution in [0.2, 0.25) is 0 Å². The van der Waals surface area contributed by atoms with Crippen molar-refractivity contribution in [3.8, 4) is 5.75 Å². The lowest BCUT2D eigenvalue weighted by Gasteiger charge is -2.30. The SMILES string of the molecule is CCCC1=C(C(=O)OCC)C(c2c(OC)ccc3ccccc23)c2cn[nH]c2N1. The van der Waals surface area contributed by atoms with E-state index in [0.29, 0.717) is 12.2 Å². The maximum atomic E-state index is 13.1. The molecular weight excluding hydrogens is 366 g/mol. The van der Waals surface area contributed by atoms with Crippen molar-refractivity contribution in [2.75, 3.05) is 19.0 Å². The maximum absolute atomic E-state index is 13.1. The summed E-state index contributed by atoms with van der Waals surface area (Å²) < 4.78 is 11.2. The third-order valence-electron chi connectivity index (χ3n) is 5.30. The Morgan fingerprint density at radius 1 is 1.17 bits per heavy atom. The van der Waals surface area contributed by atoms with Crippen molar-refractivity contribution in [3.63, 3.8) is 0 Å². The van der Waals surface area contributed by atoms with E-state index in [0.717, 1.165) is 52.0 Å². The maximum Gasteiger partial charge on any atom is 0.336 e. The summed E-state index contributed by atoms with van der Waals surface area (Å²) in [5.41, 5.74) is 3.34. The minimum atomic E-state index is -0.341. The van der Waals surface area contributed by atoms with Crippen molar-refractivity contribution in [2.24, 2.45) is 0 Å². The smallest absolute Gasteiger partial charge is 0.336 e. The Bertz CT molecular complexity index is 1080. The van der Waals surface area contributed by atoms with Crippen molar-refractivity contribution in [1.82, 2.24) is 10.2 Å². The second-order valence-corrected chi connectivity index (χ2v) is 7.02. The predicted octanol–water partition coefficient (Wildman–Crippen LogP) is 4.75. The van der Waals surface area contributed by atoms with Crippen LogP contribution in [0.3, 0.4) is 0 Å². The van der Waals surface area contributed by atoms with Gasteiger partial charge >= 0.3 is 5.97 Å². The van der Waals surface area contributed by atoms with Crippen molar-refractivity contribution < 1.29 is 14.3 Å². The summed E-state index contributed by atoms with van der Waals surface area (Å²) in [6.45, 7) is 4.23. The lowest BCUT2D eigenvalue weighted by Crippen LogP contribution is -2.25. The fourth-order valence-corrected chi connectivity index (χ4v) is 4.11. The molecule has 4 rings (SSSR count). The number of aromatic amines is 1. The summed E-state index contributed by atoms with van der Waals surface area (Å²) in [5, 5.41) is 12.8. The van der Waals surface area contributed by atoms with Gasteiger partial charge in [0.2, 0.25) is 0 Å². The summed E-state index contributed by atoms with van der Waals surface area (Å²) in [7, 11) is 1.66. The first kappa shape index (κ1) is 19.1. The van der Waals surface area contributed by atoms with Crippen LogP contribution in [0, 0.1) is 0 Å². The largest absolute Gasteiger partial charge is 0.496 e. The van der Waals surface area contributed by atoms with Gasteiger partial charge in [-0.15, -0.1) is 0 Å². The second-order valence-electron chi connectivity index (χ2n) is 7.02. The number of carbonyl (C=O) groups excluding carboxylic acids is 1. The Hall–Kier alpha value is -3.28. The molecular formula is C23H25N3O3. The Balaban J connectivity index is 2.04. The van der Waals surface area contributed by atoms with Gasteiger partial charge in [0.05, 0.1) is 31.4 Å². The number of benzene rings is 2. The normalized spacial score (nSPS) is 15.8. The molecule has 1 aromatic heterocycles. The van der Waals surface area contributed by atoms with Crippen LogP contribution in [0.25, 0.3) is 10.8 Å². The van der Waals surface area contributed by atoms with E-state index < -0.39 is 0 Å². The van der Waals surface area contributed by atoms with Gasteiger partial charge in [0.15, 0.2) is 0 Å². The number of nitrogens with zero attached hydrogens (tertiary/aromatic N) is 1. The summed E-state index contributed by atoms with van der Waals surface area (Å²) in [6.07, 6.45) is 3.40. The molecule has 6 nitrogen and oxygen atoms in total. The van der Waals surface area contributed by atoms with E-state index in [-0.39, 0.29) is 11.9 Å². The number of nitrogens with one attached hydrogen (secondary N) is 2. The highest BCUT2D eigenvalue weighted by Gasteiger charge is 2.37. The molecule has 3 aromatic rings. The summed E-state index contributed by atoms with van der Waals surface area (Å²) in [4.78, 5) is 13.1. The van der Waals surface area contributed by atoms with E-state index in [1.165, 1.54) is 0 Å². The first-order chi connectivity index (χ1) is 14.2. The molecule has 2 aromatic carbocycles. The highest BCUT2D eigenvalue weighted by Crippen LogP contribution is 2.47. The number of methoxy groups -OCH3 is 1. The fourth-order valence-electron chi connectivity index (χ4n) is 4.11. The van der Waals surface area contributed by atoms with Gasteiger partial charge in [-0.3, -0.25) is 5.10 Å². The van der Waals surface area contributed by atoms with E-state index in [4.69, 9.17) is 9.47 Å². The average molecular weight is 391 g/mol. The van der Waals surface area contributed by atoms with Gasteiger partial charge in [0.25, 0.3) is 0 Å². The summed E-state index contributed by atoms with van der Waals surface area (Å²) in [6, 6.07) is 12.1. The molecule has 1 atom stereocenters. The number of anilines is 1. The van der Waals surface area contributed by atoms with Crippen molar-refractivity contribution in [2.45, 2.75) is 32.6 Å². The van der Waals surface area contributed by atoms with Crippen molar-refractivity contribution in [3.05, 3.63) is 65.0 Å². The molecule has 1 unspecified atom stereocenters. The van der Waals surface area contributed by atoms with Crippen molar-refractivity contribution >= 4 is 22.6 Å². The third kappa shape index (κ3) is 3.24. The first-order valence-corrected chi connectivity index (χ1v) is 9.95. The van der Waals surface area contributed by atoms with Gasteiger partial charge in [-0.05, 0) is 30.2 Å². The molecule has 6 heteroatoms. The number of ether oxygens (including phenoxy) is 2. The Kier molecular flexibility index (Phi) is 5.25. The van der Waals surface area contributed by atoms with Crippen LogP contribution in [0.4, 0.5) is 5.82 Å². The third-order valence-corrected chi connectivity index (χ3v) is 5.30. The molecule has 0 fully saturated rings. The molecule has 0 radical (unpaired) electrons. The standard InChI is InChI=1S/C23H25N3O3/c1-4-8-17-21(23(27)29-5-2)20(16-13-24-26-22(16)25-17)19-15-10-7-6-9-14(15)11-12-18(19)28-3/h6-7,9-13,20H,4-5,8H2,1-3H3,(H2,24,25,26). The van der Waals surface area contributed by atoms with E-state index in [1.54, 1.807) is 13.3 Å². The quantitative estimate of drug-likeness (QED) is 0.593. The number of fused-ring (bicyclic) bond motifs is 2. The number of rotatable bonds is 6. The van der Waals surface area contributed by atoms with E-state index in [9.17, 15) is 4.79 Å². The van der Waals surface area contributed by atoms with Crippen LogP contribution in [0.5, 0.6) is 5.75 Å². The number of carbonyl (C=O) groups is 1. The molecule has 2 heterocycles. The number of hydrogen-bond acceptors (Lipinski definition) is 5. The molecule has 0 saturated carbocycles. The van der Waals surface area contributed by atoms with Crippen LogP contribution in [-0.2, 0) is 9.53 Å². The zero-order chi connectivity index (χ0) is 20.4. The van der Waals surface area contributed by atoms with Gasteiger partial charge in [0, 0.05) is 16.8 Å². The Morgan fingerprint density at radius 3 is 2.76 bits per heavy atom. The zero-order valence-corrected chi connectivity index (χ0v) is 16.9. The Labute approximate surface area is 169 Å². The molecule has 1 aliphatic rings. The molecule has 1 aliphatic heterocycles. The van der Waals surface area contributed by atoms with Gasteiger partial charge in [-0.1, -0.05) is 43.7 Å². The first-order valence-electron chi connectivity index (χ1n) is 9.95. The number of esters is 1. The molecule has 0 saturated heterocycles.